The molecule has 0 bridgehead atoms. The van der Waals surface area contributed by atoms with Gasteiger partial charge in [-0.3, -0.25) is 9.13 Å². The van der Waals surface area contributed by atoms with Crippen LogP contribution in [-0.4, -0.2) is 32.3 Å². The number of nitrogens with zero attached hydrogens (tertiary/aromatic N) is 4. The highest BCUT2D eigenvalue weighted by atomic mass is 35.5. The minimum Gasteiger partial charge on any atom is -0.379 e. The fourth-order valence-corrected chi connectivity index (χ4v) is 2.53. The van der Waals surface area contributed by atoms with Crippen LogP contribution < -0.4 is 5.69 Å². The van der Waals surface area contributed by atoms with Gasteiger partial charge in [-0.1, -0.05) is 0 Å². The Morgan fingerprint density at radius 3 is 3.11 bits per heavy atom. The van der Waals surface area contributed by atoms with E-state index in [-0.39, 0.29) is 17.0 Å². The maximum Gasteiger partial charge on any atom is 0.330 e. The summed E-state index contributed by atoms with van der Waals surface area (Å²) in [5.74, 6) is 0. The summed E-state index contributed by atoms with van der Waals surface area (Å²) in [6.07, 6.45) is 2.42. The molecule has 1 atom stereocenters. The Bertz CT molecular complexity index is 642. The van der Waals surface area contributed by atoms with Crippen molar-refractivity contribution in [2.45, 2.75) is 25.9 Å². The van der Waals surface area contributed by atoms with Crippen molar-refractivity contribution in [3.05, 3.63) is 22.0 Å². The second-order valence-electron chi connectivity index (χ2n) is 4.26. The number of ether oxygens (including phenoxy) is 1. The van der Waals surface area contributed by atoms with Crippen LogP contribution in [0.15, 0.2) is 11.0 Å². The van der Waals surface area contributed by atoms with Crippen LogP contribution >= 0.6 is 11.6 Å². The maximum absolute atomic E-state index is 12.4. The zero-order chi connectivity index (χ0) is 12.7. The van der Waals surface area contributed by atoms with Gasteiger partial charge in [0.05, 0.1) is 18.8 Å². The number of imidazole rings is 1. The lowest BCUT2D eigenvalue weighted by Crippen LogP contribution is -2.27. The molecule has 0 saturated carbocycles. The molecule has 1 fully saturated rings. The van der Waals surface area contributed by atoms with Crippen LogP contribution in [0.3, 0.4) is 0 Å². The van der Waals surface area contributed by atoms with Crippen molar-refractivity contribution in [1.82, 2.24) is 19.1 Å². The Hall–Kier alpha value is -1.40. The molecule has 0 aromatic carbocycles. The molecule has 0 spiro atoms. The Morgan fingerprint density at radius 1 is 1.61 bits per heavy atom. The summed E-state index contributed by atoms with van der Waals surface area (Å²) in [5, 5.41) is 0.156. The number of hydrogen-bond acceptors (Lipinski definition) is 4. The van der Waals surface area contributed by atoms with Crippen molar-refractivity contribution < 1.29 is 4.74 Å². The molecule has 0 amide bonds. The fourth-order valence-electron chi connectivity index (χ4n) is 2.40. The highest BCUT2D eigenvalue weighted by molar-refractivity contribution is 6.28. The predicted octanol–water partition coefficient (Wildman–Crippen LogP) is 1.23. The molecule has 96 valence electrons. The van der Waals surface area contributed by atoms with E-state index >= 15 is 0 Å². The molecular weight excluding hydrogens is 256 g/mol. The summed E-state index contributed by atoms with van der Waals surface area (Å²) >= 11 is 5.82. The van der Waals surface area contributed by atoms with Gasteiger partial charge in [0, 0.05) is 13.2 Å². The fraction of sp³-hybridized carbons (Fsp3) is 0.545. The summed E-state index contributed by atoms with van der Waals surface area (Å²) in [6.45, 7) is 3.73. The van der Waals surface area contributed by atoms with E-state index in [1.165, 1.54) is 0 Å². The minimum atomic E-state index is -0.0698. The van der Waals surface area contributed by atoms with Crippen LogP contribution in [0.1, 0.15) is 19.4 Å². The van der Waals surface area contributed by atoms with Gasteiger partial charge in [-0.05, 0) is 24.9 Å². The highest BCUT2D eigenvalue weighted by Crippen LogP contribution is 2.22. The van der Waals surface area contributed by atoms with E-state index in [1.807, 2.05) is 6.92 Å². The number of fused-ring (bicyclic) bond motifs is 1. The Balaban J connectivity index is 2.31. The molecule has 1 aliphatic rings. The molecule has 0 radical (unpaired) electrons. The van der Waals surface area contributed by atoms with Gasteiger partial charge in [0.15, 0.2) is 5.65 Å². The van der Waals surface area contributed by atoms with Crippen molar-refractivity contribution in [2.75, 3.05) is 13.2 Å². The van der Waals surface area contributed by atoms with Gasteiger partial charge < -0.3 is 4.74 Å². The van der Waals surface area contributed by atoms with Crippen LogP contribution in [0.4, 0.5) is 0 Å². The Kier molecular flexibility index (Phi) is 2.83. The third-order valence-electron chi connectivity index (χ3n) is 3.26. The number of rotatable bonds is 2. The molecule has 3 rings (SSSR count). The molecule has 0 N–H and O–H groups in total. The van der Waals surface area contributed by atoms with Gasteiger partial charge in [0.1, 0.15) is 5.52 Å². The molecule has 1 aliphatic heterocycles. The van der Waals surface area contributed by atoms with Gasteiger partial charge in [-0.25, -0.2) is 9.78 Å². The first-order valence-electron chi connectivity index (χ1n) is 5.93. The molecule has 2 aromatic heterocycles. The van der Waals surface area contributed by atoms with Crippen molar-refractivity contribution in [3.8, 4) is 0 Å². The SMILES string of the molecule is CCn1c(=O)n([C@@H]2CCOC2)c2nc(Cl)ncc21. The quantitative estimate of drug-likeness (QED) is 0.769. The second kappa shape index (κ2) is 4.37. The summed E-state index contributed by atoms with van der Waals surface area (Å²) in [4.78, 5) is 20.5. The van der Waals surface area contributed by atoms with Gasteiger partial charge in [-0.2, -0.15) is 4.98 Å². The lowest BCUT2D eigenvalue weighted by molar-refractivity contribution is 0.186. The zero-order valence-corrected chi connectivity index (χ0v) is 10.7. The maximum atomic E-state index is 12.4. The zero-order valence-electron chi connectivity index (χ0n) is 9.97. The van der Waals surface area contributed by atoms with E-state index in [2.05, 4.69) is 9.97 Å². The first kappa shape index (κ1) is 11.7. The monoisotopic (exact) mass is 268 g/mol. The Morgan fingerprint density at radius 2 is 2.44 bits per heavy atom. The van der Waals surface area contributed by atoms with Crippen molar-refractivity contribution >= 4 is 22.8 Å². The van der Waals surface area contributed by atoms with Crippen LogP contribution in [0.25, 0.3) is 11.2 Å². The normalized spacial score (nSPS) is 19.8. The summed E-state index contributed by atoms with van der Waals surface area (Å²) in [5.41, 5.74) is 1.25. The van der Waals surface area contributed by atoms with E-state index in [9.17, 15) is 4.79 Å². The topological polar surface area (TPSA) is 61.9 Å². The number of halogens is 1. The van der Waals surface area contributed by atoms with Crippen molar-refractivity contribution in [2.24, 2.45) is 0 Å². The van der Waals surface area contributed by atoms with E-state index in [0.717, 1.165) is 11.9 Å². The molecule has 3 heterocycles. The van der Waals surface area contributed by atoms with Crippen LogP contribution in [0, 0.1) is 0 Å². The van der Waals surface area contributed by atoms with E-state index in [0.29, 0.717) is 25.4 Å². The first-order valence-corrected chi connectivity index (χ1v) is 6.31. The second-order valence-corrected chi connectivity index (χ2v) is 4.60. The van der Waals surface area contributed by atoms with E-state index in [4.69, 9.17) is 16.3 Å². The molecule has 0 unspecified atom stereocenters. The largest absolute Gasteiger partial charge is 0.379 e. The van der Waals surface area contributed by atoms with Gasteiger partial charge >= 0.3 is 5.69 Å². The molecule has 2 aromatic rings. The minimum absolute atomic E-state index is 0.0405. The van der Waals surface area contributed by atoms with Crippen LogP contribution in [-0.2, 0) is 11.3 Å². The van der Waals surface area contributed by atoms with Gasteiger partial charge in [0.25, 0.3) is 0 Å². The average Bonchev–Trinajstić information content (AvgIpc) is 2.94. The van der Waals surface area contributed by atoms with Gasteiger partial charge in [-0.15, -0.1) is 0 Å². The summed E-state index contributed by atoms with van der Waals surface area (Å²) < 4.78 is 8.68. The molecule has 18 heavy (non-hydrogen) atoms. The molecule has 0 aliphatic carbocycles. The summed E-state index contributed by atoms with van der Waals surface area (Å²) in [6, 6.07) is 0.0405. The molecule has 1 saturated heterocycles. The van der Waals surface area contributed by atoms with Crippen molar-refractivity contribution in [1.29, 1.82) is 0 Å². The van der Waals surface area contributed by atoms with E-state index in [1.54, 1.807) is 15.3 Å². The first-order chi connectivity index (χ1) is 8.72. The third kappa shape index (κ3) is 1.64. The van der Waals surface area contributed by atoms with Crippen molar-refractivity contribution in [3.63, 3.8) is 0 Å². The van der Waals surface area contributed by atoms with E-state index < -0.39 is 0 Å². The smallest absolute Gasteiger partial charge is 0.330 e. The lowest BCUT2D eigenvalue weighted by Gasteiger charge is -2.08. The number of aromatic nitrogens is 4. The summed E-state index contributed by atoms with van der Waals surface area (Å²) in [7, 11) is 0. The highest BCUT2D eigenvalue weighted by Gasteiger charge is 2.24. The number of aryl methyl sites for hydroxylation is 1. The Labute approximate surface area is 108 Å². The van der Waals surface area contributed by atoms with Crippen LogP contribution in [0.2, 0.25) is 5.28 Å². The van der Waals surface area contributed by atoms with Crippen LogP contribution in [0.5, 0.6) is 0 Å². The third-order valence-corrected chi connectivity index (χ3v) is 3.45. The lowest BCUT2D eigenvalue weighted by atomic mass is 10.2. The van der Waals surface area contributed by atoms with Gasteiger partial charge in [0.2, 0.25) is 5.28 Å². The number of hydrogen-bond donors (Lipinski definition) is 0. The predicted molar refractivity (Wildman–Crippen MR) is 66.9 cm³/mol. The standard InChI is InChI=1S/C11H13ClN4O2/c1-2-15-8-5-13-10(12)14-9(8)16(11(15)17)7-3-4-18-6-7/h5,7H,2-4,6H2,1H3/t7-/m1/s1. The molecule has 6 nitrogen and oxygen atoms in total. The molecular formula is C11H13ClN4O2. The average molecular weight is 269 g/mol. The molecule has 7 heteroatoms.